The number of hydrogen-bond donors (Lipinski definition) is 1. The molecule has 21 heavy (non-hydrogen) atoms. The van der Waals surface area contributed by atoms with Gasteiger partial charge in [0.25, 0.3) is 0 Å². The van der Waals surface area contributed by atoms with Gasteiger partial charge in [-0.15, -0.1) is 0 Å². The Bertz CT molecular complexity index is 645. The highest BCUT2D eigenvalue weighted by molar-refractivity contribution is 5.29. The summed E-state index contributed by atoms with van der Waals surface area (Å²) in [6.07, 6.45) is -5.00. The van der Waals surface area contributed by atoms with Crippen LogP contribution < -0.4 is 0 Å². The molecule has 2 rings (SSSR count). The van der Waals surface area contributed by atoms with E-state index in [4.69, 9.17) is 0 Å². The van der Waals surface area contributed by atoms with Crippen molar-refractivity contribution in [2.24, 2.45) is 0 Å². The highest BCUT2D eigenvalue weighted by Crippen LogP contribution is 2.30. The van der Waals surface area contributed by atoms with E-state index in [9.17, 15) is 18.3 Å². The van der Waals surface area contributed by atoms with E-state index in [0.717, 1.165) is 23.4 Å². The molecule has 0 radical (unpaired) electrons. The first-order valence-corrected chi connectivity index (χ1v) is 6.58. The number of aliphatic hydroxyl groups is 1. The Balaban J connectivity index is 2.33. The fraction of sp³-hybridized carbons (Fsp3) is 0.400. The van der Waals surface area contributed by atoms with Crippen molar-refractivity contribution in [2.45, 2.75) is 39.6 Å². The van der Waals surface area contributed by atoms with Gasteiger partial charge in [-0.3, -0.25) is 4.68 Å². The molecule has 1 atom stereocenters. The van der Waals surface area contributed by atoms with Gasteiger partial charge >= 0.3 is 6.18 Å². The Morgan fingerprint density at radius 1 is 1.29 bits per heavy atom. The lowest BCUT2D eigenvalue weighted by molar-refractivity contribution is -0.137. The van der Waals surface area contributed by atoms with Crippen LogP contribution in [0.25, 0.3) is 0 Å². The molecule has 1 aromatic heterocycles. The van der Waals surface area contributed by atoms with Crippen molar-refractivity contribution in [1.29, 1.82) is 0 Å². The summed E-state index contributed by atoms with van der Waals surface area (Å²) < 4.78 is 39.7. The van der Waals surface area contributed by atoms with Crippen molar-refractivity contribution in [1.82, 2.24) is 9.78 Å². The second-order valence-corrected chi connectivity index (χ2v) is 5.12. The Morgan fingerprint density at radius 2 is 1.95 bits per heavy atom. The van der Waals surface area contributed by atoms with Gasteiger partial charge in [-0.2, -0.15) is 18.3 Å². The Kier molecular flexibility index (Phi) is 4.09. The normalized spacial score (nSPS) is 13.5. The van der Waals surface area contributed by atoms with Crippen LogP contribution in [0.1, 0.15) is 41.1 Å². The van der Waals surface area contributed by atoms with Gasteiger partial charge in [0, 0.05) is 11.3 Å². The van der Waals surface area contributed by atoms with E-state index in [-0.39, 0.29) is 6.54 Å². The first-order chi connectivity index (χ1) is 9.70. The lowest BCUT2D eigenvalue weighted by Crippen LogP contribution is -2.08. The molecule has 1 unspecified atom stereocenters. The molecule has 0 saturated carbocycles. The van der Waals surface area contributed by atoms with Gasteiger partial charge in [-0.05, 0) is 38.5 Å². The highest BCUT2D eigenvalue weighted by Gasteiger charge is 2.30. The molecule has 1 heterocycles. The summed E-state index contributed by atoms with van der Waals surface area (Å²) in [6.45, 7) is 5.46. The third-order valence-corrected chi connectivity index (χ3v) is 3.44. The molecular formula is C15H17F3N2O. The number of nitrogens with zero attached hydrogens (tertiary/aromatic N) is 2. The van der Waals surface area contributed by atoms with Crippen LogP contribution in [0.5, 0.6) is 0 Å². The molecule has 1 N–H and O–H groups in total. The Labute approximate surface area is 121 Å². The van der Waals surface area contributed by atoms with E-state index >= 15 is 0 Å². The number of aliphatic hydroxyl groups excluding tert-OH is 1. The minimum absolute atomic E-state index is 0.239. The van der Waals surface area contributed by atoms with Gasteiger partial charge in [0.2, 0.25) is 0 Å². The molecular weight excluding hydrogens is 281 g/mol. The molecule has 2 aromatic rings. The number of rotatable bonds is 3. The molecule has 0 aliphatic rings. The van der Waals surface area contributed by atoms with Crippen molar-refractivity contribution in [2.75, 3.05) is 0 Å². The highest BCUT2D eigenvalue weighted by atomic mass is 19.4. The largest absolute Gasteiger partial charge is 0.416 e. The molecule has 114 valence electrons. The SMILES string of the molecule is Cc1nn(Cc2cccc(C(F)(F)F)c2)c(C)c1C(C)O. The summed E-state index contributed by atoms with van der Waals surface area (Å²) >= 11 is 0. The summed E-state index contributed by atoms with van der Waals surface area (Å²) in [4.78, 5) is 0. The van der Waals surface area contributed by atoms with Crippen LogP contribution in [0.15, 0.2) is 24.3 Å². The zero-order valence-electron chi connectivity index (χ0n) is 12.1. The average molecular weight is 298 g/mol. The molecule has 3 nitrogen and oxygen atoms in total. The number of alkyl halides is 3. The summed E-state index contributed by atoms with van der Waals surface area (Å²) in [6, 6.07) is 5.19. The second-order valence-electron chi connectivity index (χ2n) is 5.12. The van der Waals surface area contributed by atoms with E-state index in [1.807, 2.05) is 0 Å². The van der Waals surface area contributed by atoms with E-state index in [0.29, 0.717) is 11.3 Å². The van der Waals surface area contributed by atoms with Crippen LogP contribution in [0.4, 0.5) is 13.2 Å². The van der Waals surface area contributed by atoms with Gasteiger partial charge in [-0.25, -0.2) is 0 Å². The van der Waals surface area contributed by atoms with Gasteiger partial charge < -0.3 is 5.11 Å². The summed E-state index contributed by atoms with van der Waals surface area (Å²) in [5.74, 6) is 0. The van der Waals surface area contributed by atoms with Crippen molar-refractivity contribution in [3.63, 3.8) is 0 Å². The first kappa shape index (κ1) is 15.6. The maximum atomic E-state index is 12.7. The maximum absolute atomic E-state index is 12.7. The zero-order chi connectivity index (χ0) is 15.8. The molecule has 0 saturated heterocycles. The van der Waals surface area contributed by atoms with Gasteiger partial charge in [0.05, 0.1) is 23.9 Å². The fourth-order valence-electron chi connectivity index (χ4n) is 2.49. The monoisotopic (exact) mass is 298 g/mol. The van der Waals surface area contributed by atoms with Gasteiger partial charge in [0.1, 0.15) is 0 Å². The summed E-state index contributed by atoms with van der Waals surface area (Å²) in [7, 11) is 0. The smallest absolute Gasteiger partial charge is 0.389 e. The van der Waals surface area contributed by atoms with Crippen LogP contribution in [-0.2, 0) is 12.7 Å². The van der Waals surface area contributed by atoms with Crippen LogP contribution in [0.3, 0.4) is 0 Å². The molecule has 6 heteroatoms. The third-order valence-electron chi connectivity index (χ3n) is 3.44. The average Bonchev–Trinajstić information content (AvgIpc) is 2.63. The topological polar surface area (TPSA) is 38.0 Å². The predicted molar refractivity (Wildman–Crippen MR) is 72.9 cm³/mol. The number of halogens is 3. The standard InChI is InChI=1S/C15H17F3N2O/c1-9-14(11(3)21)10(2)20(19-9)8-12-5-4-6-13(7-12)15(16,17)18/h4-7,11,21H,8H2,1-3H3. The predicted octanol–water partition coefficient (Wildman–Crippen LogP) is 3.62. The van der Waals surface area contributed by atoms with Crippen LogP contribution in [0, 0.1) is 13.8 Å². The molecule has 0 amide bonds. The quantitative estimate of drug-likeness (QED) is 0.940. The van der Waals surface area contributed by atoms with Crippen LogP contribution in [-0.4, -0.2) is 14.9 Å². The van der Waals surface area contributed by atoms with Crippen molar-refractivity contribution >= 4 is 0 Å². The fourth-order valence-corrected chi connectivity index (χ4v) is 2.49. The maximum Gasteiger partial charge on any atom is 0.416 e. The molecule has 0 spiro atoms. The minimum Gasteiger partial charge on any atom is -0.389 e. The lowest BCUT2D eigenvalue weighted by Gasteiger charge is -2.10. The summed E-state index contributed by atoms with van der Waals surface area (Å²) in [5.41, 5.74) is 2.03. The molecule has 0 bridgehead atoms. The minimum atomic E-state index is -4.35. The number of aromatic nitrogens is 2. The second kappa shape index (κ2) is 5.52. The molecule has 0 aliphatic heterocycles. The van der Waals surface area contributed by atoms with Gasteiger partial charge in [-0.1, -0.05) is 12.1 Å². The lowest BCUT2D eigenvalue weighted by atomic mass is 10.1. The summed E-state index contributed by atoms with van der Waals surface area (Å²) in [5, 5.41) is 14.0. The Morgan fingerprint density at radius 3 is 2.48 bits per heavy atom. The first-order valence-electron chi connectivity index (χ1n) is 6.58. The molecule has 0 aliphatic carbocycles. The zero-order valence-corrected chi connectivity index (χ0v) is 12.1. The number of aryl methyl sites for hydroxylation is 1. The molecule has 0 fully saturated rings. The van der Waals surface area contributed by atoms with Crippen molar-refractivity contribution < 1.29 is 18.3 Å². The van der Waals surface area contributed by atoms with Crippen LogP contribution >= 0.6 is 0 Å². The van der Waals surface area contributed by atoms with Gasteiger partial charge in [0.15, 0.2) is 0 Å². The van der Waals surface area contributed by atoms with E-state index in [1.54, 1.807) is 31.5 Å². The molecule has 1 aromatic carbocycles. The van der Waals surface area contributed by atoms with E-state index in [1.165, 1.54) is 6.07 Å². The van der Waals surface area contributed by atoms with Crippen LogP contribution in [0.2, 0.25) is 0 Å². The van der Waals surface area contributed by atoms with E-state index < -0.39 is 17.8 Å². The number of benzene rings is 1. The Hall–Kier alpha value is -1.82. The third kappa shape index (κ3) is 3.26. The van der Waals surface area contributed by atoms with E-state index in [2.05, 4.69) is 5.10 Å². The number of hydrogen-bond acceptors (Lipinski definition) is 2. The van der Waals surface area contributed by atoms with Crippen molar-refractivity contribution in [3.8, 4) is 0 Å². The van der Waals surface area contributed by atoms with Crippen molar-refractivity contribution in [3.05, 3.63) is 52.3 Å².